The van der Waals surface area contributed by atoms with Gasteiger partial charge in [0.2, 0.25) is 10.0 Å². The van der Waals surface area contributed by atoms with Crippen LogP contribution < -0.4 is 15.2 Å². The van der Waals surface area contributed by atoms with E-state index in [4.69, 9.17) is 9.47 Å². The molecule has 0 saturated carbocycles. The summed E-state index contributed by atoms with van der Waals surface area (Å²) in [7, 11) is -2.25. The van der Waals surface area contributed by atoms with Crippen molar-refractivity contribution in [2.75, 3.05) is 20.2 Å². The number of nitrogens with zero attached hydrogens (tertiary/aromatic N) is 1. The monoisotopic (exact) mass is 375 g/mol. The molecule has 26 heavy (non-hydrogen) atoms. The third kappa shape index (κ3) is 2.95. The second-order valence-electron chi connectivity index (χ2n) is 6.07. The number of ether oxygens (including phenoxy) is 2. The van der Waals surface area contributed by atoms with Crippen molar-refractivity contribution in [3.8, 4) is 11.5 Å². The van der Waals surface area contributed by atoms with Gasteiger partial charge in [-0.2, -0.15) is 4.31 Å². The fourth-order valence-electron chi connectivity index (χ4n) is 2.89. The lowest BCUT2D eigenvalue weighted by atomic mass is 10.2. The molecular formula is C17H17N3O5S. The SMILES string of the molecule is CN(C[C@@H]1COc2ccccc2O1)S(=O)(=O)c1ccc2[nH]c(=O)[nH]c2c1. The Morgan fingerprint density at radius 2 is 1.85 bits per heavy atom. The van der Waals surface area contributed by atoms with E-state index in [1.807, 2.05) is 12.1 Å². The number of hydrogen-bond acceptors (Lipinski definition) is 5. The van der Waals surface area contributed by atoms with Crippen LogP contribution in [0.4, 0.5) is 0 Å². The summed E-state index contributed by atoms with van der Waals surface area (Å²) in [5.74, 6) is 1.25. The summed E-state index contributed by atoms with van der Waals surface area (Å²) in [5.41, 5.74) is 0.613. The van der Waals surface area contributed by atoms with E-state index in [9.17, 15) is 13.2 Å². The Labute approximate surface area is 149 Å². The molecular weight excluding hydrogens is 358 g/mol. The summed E-state index contributed by atoms with van der Waals surface area (Å²) in [4.78, 5) is 16.6. The van der Waals surface area contributed by atoms with Crippen molar-refractivity contribution in [2.45, 2.75) is 11.0 Å². The Hall–Kier alpha value is -2.78. The highest BCUT2D eigenvalue weighted by molar-refractivity contribution is 7.89. The summed E-state index contributed by atoms with van der Waals surface area (Å²) in [5, 5.41) is 0. The Morgan fingerprint density at radius 1 is 1.12 bits per heavy atom. The second kappa shape index (κ2) is 6.19. The topological polar surface area (TPSA) is 104 Å². The smallest absolute Gasteiger partial charge is 0.323 e. The van der Waals surface area contributed by atoms with Gasteiger partial charge < -0.3 is 19.4 Å². The number of fused-ring (bicyclic) bond motifs is 2. The molecule has 0 spiro atoms. The van der Waals surface area contributed by atoms with Crippen LogP contribution in [-0.4, -0.2) is 49.0 Å². The second-order valence-corrected chi connectivity index (χ2v) is 8.11. The minimum Gasteiger partial charge on any atom is -0.486 e. The number of H-pyrrole nitrogens is 2. The Balaban J connectivity index is 1.54. The van der Waals surface area contributed by atoms with E-state index in [2.05, 4.69) is 9.97 Å². The van der Waals surface area contributed by atoms with Crippen LogP contribution in [0.2, 0.25) is 0 Å². The molecule has 0 saturated heterocycles. The van der Waals surface area contributed by atoms with E-state index >= 15 is 0 Å². The first-order chi connectivity index (χ1) is 12.4. The van der Waals surface area contributed by atoms with Crippen LogP contribution in [0.1, 0.15) is 0 Å². The Bertz CT molecular complexity index is 1120. The third-order valence-corrected chi connectivity index (χ3v) is 6.04. The fourth-order valence-corrected chi connectivity index (χ4v) is 4.12. The highest BCUT2D eigenvalue weighted by atomic mass is 32.2. The van der Waals surface area contributed by atoms with Gasteiger partial charge in [-0.15, -0.1) is 0 Å². The first kappa shape index (κ1) is 16.7. The minimum absolute atomic E-state index is 0.0971. The van der Waals surface area contributed by atoms with Crippen molar-refractivity contribution in [3.05, 3.63) is 52.9 Å². The zero-order valence-electron chi connectivity index (χ0n) is 13.9. The zero-order valence-corrected chi connectivity index (χ0v) is 14.7. The molecule has 4 rings (SSSR count). The molecule has 136 valence electrons. The van der Waals surface area contributed by atoms with E-state index < -0.39 is 16.1 Å². The highest BCUT2D eigenvalue weighted by Crippen LogP contribution is 2.31. The van der Waals surface area contributed by atoms with Crippen LogP contribution in [0.5, 0.6) is 11.5 Å². The number of aromatic nitrogens is 2. The van der Waals surface area contributed by atoms with Gasteiger partial charge in [-0.25, -0.2) is 13.2 Å². The van der Waals surface area contributed by atoms with E-state index in [0.717, 1.165) is 0 Å². The van der Waals surface area contributed by atoms with Gasteiger partial charge in [0, 0.05) is 7.05 Å². The molecule has 9 heteroatoms. The number of sulfonamides is 1. The van der Waals surface area contributed by atoms with Crippen molar-refractivity contribution < 1.29 is 17.9 Å². The van der Waals surface area contributed by atoms with Gasteiger partial charge in [-0.05, 0) is 30.3 Å². The number of aromatic amines is 2. The number of imidazole rings is 1. The molecule has 1 aromatic heterocycles. The van der Waals surface area contributed by atoms with E-state index in [-0.39, 0.29) is 23.7 Å². The van der Waals surface area contributed by atoms with Crippen LogP contribution in [0.15, 0.2) is 52.2 Å². The number of benzene rings is 2. The van der Waals surface area contributed by atoms with Gasteiger partial charge in [0.1, 0.15) is 12.7 Å². The van der Waals surface area contributed by atoms with Crippen molar-refractivity contribution >= 4 is 21.1 Å². The minimum atomic E-state index is -3.74. The molecule has 2 N–H and O–H groups in total. The highest BCUT2D eigenvalue weighted by Gasteiger charge is 2.28. The van der Waals surface area contributed by atoms with E-state index in [1.165, 1.54) is 23.5 Å². The average molecular weight is 375 g/mol. The number of likely N-dealkylation sites (N-methyl/N-ethyl adjacent to an activating group) is 1. The number of nitrogens with one attached hydrogen (secondary N) is 2. The number of hydrogen-bond donors (Lipinski definition) is 2. The maximum absolute atomic E-state index is 12.8. The van der Waals surface area contributed by atoms with Crippen LogP contribution in [0.3, 0.4) is 0 Å². The maximum atomic E-state index is 12.8. The normalized spacial score (nSPS) is 16.9. The van der Waals surface area contributed by atoms with Crippen LogP contribution in [-0.2, 0) is 10.0 Å². The first-order valence-corrected chi connectivity index (χ1v) is 9.44. The van der Waals surface area contributed by atoms with Gasteiger partial charge in [-0.3, -0.25) is 0 Å². The number of para-hydroxylation sites is 2. The van der Waals surface area contributed by atoms with Crippen LogP contribution in [0, 0.1) is 0 Å². The summed E-state index contributed by atoms with van der Waals surface area (Å²) in [6.45, 7) is 0.402. The van der Waals surface area contributed by atoms with Crippen molar-refractivity contribution in [1.29, 1.82) is 0 Å². The lowest BCUT2D eigenvalue weighted by Crippen LogP contribution is -2.41. The maximum Gasteiger partial charge on any atom is 0.323 e. The number of rotatable bonds is 4. The summed E-state index contributed by atoms with van der Waals surface area (Å²) < 4.78 is 38.3. The molecule has 1 aliphatic heterocycles. The lowest BCUT2D eigenvalue weighted by Gasteiger charge is -2.29. The van der Waals surface area contributed by atoms with E-state index in [0.29, 0.717) is 22.5 Å². The standard InChI is InChI=1S/C17H17N3O5S/c1-20(9-11-10-24-15-4-2-3-5-16(15)25-11)26(22,23)12-6-7-13-14(8-12)19-17(21)18-13/h2-8,11H,9-10H2,1H3,(H2,18,19,21)/t11-/m1/s1. The van der Waals surface area contributed by atoms with Crippen molar-refractivity contribution in [3.63, 3.8) is 0 Å². The molecule has 8 nitrogen and oxygen atoms in total. The molecule has 0 unspecified atom stereocenters. The molecule has 2 heterocycles. The molecule has 0 amide bonds. The molecule has 3 aromatic rings. The predicted molar refractivity (Wildman–Crippen MR) is 95.1 cm³/mol. The van der Waals surface area contributed by atoms with Gasteiger partial charge >= 0.3 is 5.69 Å². The molecule has 0 fully saturated rings. The molecule has 0 bridgehead atoms. The van der Waals surface area contributed by atoms with Gasteiger partial charge in [-0.1, -0.05) is 12.1 Å². The summed E-state index contributed by atoms with van der Waals surface area (Å²) >= 11 is 0. The van der Waals surface area contributed by atoms with Gasteiger partial charge in [0.25, 0.3) is 0 Å². The van der Waals surface area contributed by atoms with Crippen LogP contribution >= 0.6 is 0 Å². The van der Waals surface area contributed by atoms with Gasteiger partial charge in [0.15, 0.2) is 11.5 Å². The summed E-state index contributed by atoms with van der Waals surface area (Å²) in [6, 6.07) is 11.7. The molecule has 2 aromatic carbocycles. The third-order valence-electron chi connectivity index (χ3n) is 4.22. The Kier molecular flexibility index (Phi) is 3.97. The quantitative estimate of drug-likeness (QED) is 0.716. The van der Waals surface area contributed by atoms with Crippen molar-refractivity contribution in [1.82, 2.24) is 14.3 Å². The summed E-state index contributed by atoms with van der Waals surface area (Å²) in [6.07, 6.45) is -0.416. The van der Waals surface area contributed by atoms with E-state index in [1.54, 1.807) is 18.2 Å². The largest absolute Gasteiger partial charge is 0.486 e. The molecule has 0 aliphatic carbocycles. The zero-order chi connectivity index (χ0) is 18.3. The fraction of sp³-hybridized carbons (Fsp3) is 0.235. The first-order valence-electron chi connectivity index (χ1n) is 8.00. The Morgan fingerprint density at radius 3 is 2.65 bits per heavy atom. The van der Waals surface area contributed by atoms with Crippen molar-refractivity contribution in [2.24, 2.45) is 0 Å². The molecule has 1 aliphatic rings. The predicted octanol–water partition coefficient (Wildman–Crippen LogP) is 1.32. The molecule has 1 atom stereocenters. The average Bonchev–Trinajstić information content (AvgIpc) is 3.00. The molecule has 0 radical (unpaired) electrons. The lowest BCUT2D eigenvalue weighted by molar-refractivity contribution is 0.0798. The van der Waals surface area contributed by atoms with Gasteiger partial charge in [0.05, 0.1) is 22.5 Å². The van der Waals surface area contributed by atoms with Crippen LogP contribution in [0.25, 0.3) is 11.0 Å².